The molecule has 1 fully saturated rings. The SMILES string of the molecule is CN1CCN(c2ccc(Cl)cc2NC(=O)CCn2[nH]c(=O)c3ccccc3c2=O)CC1. The lowest BCUT2D eigenvalue weighted by molar-refractivity contribution is -0.116. The van der Waals surface area contributed by atoms with Crippen LogP contribution >= 0.6 is 11.6 Å². The highest BCUT2D eigenvalue weighted by Crippen LogP contribution is 2.30. The number of aromatic nitrogens is 2. The number of likely N-dealkylation sites (N-methyl/N-ethyl adjacent to an activating group) is 1. The van der Waals surface area contributed by atoms with Gasteiger partial charge in [0.25, 0.3) is 11.1 Å². The number of amides is 1. The molecule has 9 heteroatoms. The van der Waals surface area contributed by atoms with E-state index in [0.29, 0.717) is 21.5 Å². The molecular weight excluding hydrogens is 418 g/mol. The van der Waals surface area contributed by atoms with Gasteiger partial charge >= 0.3 is 0 Å². The van der Waals surface area contributed by atoms with Gasteiger partial charge in [-0.2, -0.15) is 0 Å². The van der Waals surface area contributed by atoms with Crippen LogP contribution in [0.1, 0.15) is 6.42 Å². The maximum absolute atomic E-state index is 12.7. The lowest BCUT2D eigenvalue weighted by Crippen LogP contribution is -2.44. The summed E-state index contributed by atoms with van der Waals surface area (Å²) < 4.78 is 1.18. The molecule has 0 saturated carbocycles. The number of aromatic amines is 1. The molecule has 2 N–H and O–H groups in total. The standard InChI is InChI=1S/C22H24ClN5O3/c1-26-10-12-27(13-11-26)19-7-6-15(23)14-18(19)24-20(29)8-9-28-22(31)17-5-3-2-4-16(17)21(30)25-28/h2-7,14H,8-13H2,1H3,(H,24,29)(H,25,30). The van der Waals surface area contributed by atoms with Gasteiger partial charge in [-0.3, -0.25) is 19.5 Å². The highest BCUT2D eigenvalue weighted by molar-refractivity contribution is 6.31. The van der Waals surface area contributed by atoms with Crippen molar-refractivity contribution in [1.29, 1.82) is 0 Å². The van der Waals surface area contributed by atoms with E-state index >= 15 is 0 Å². The lowest BCUT2D eigenvalue weighted by Gasteiger charge is -2.35. The van der Waals surface area contributed by atoms with Gasteiger partial charge in [0.15, 0.2) is 0 Å². The average molecular weight is 442 g/mol. The molecule has 0 atom stereocenters. The minimum absolute atomic E-state index is 0.0306. The Labute approximate surface area is 184 Å². The second-order valence-electron chi connectivity index (χ2n) is 7.69. The van der Waals surface area contributed by atoms with Crippen LogP contribution in [-0.2, 0) is 11.3 Å². The number of hydrogen-bond donors (Lipinski definition) is 2. The number of hydrogen-bond acceptors (Lipinski definition) is 5. The Kier molecular flexibility index (Phi) is 6.11. The molecule has 1 aliphatic rings. The molecular formula is C22H24ClN5O3. The number of fused-ring (bicyclic) bond motifs is 1. The van der Waals surface area contributed by atoms with Crippen LogP contribution in [-0.4, -0.2) is 53.8 Å². The number of nitrogens with zero attached hydrogens (tertiary/aromatic N) is 3. The molecule has 2 heterocycles. The van der Waals surface area contributed by atoms with Crippen LogP contribution in [0.2, 0.25) is 5.02 Å². The lowest BCUT2D eigenvalue weighted by atomic mass is 10.2. The molecule has 1 saturated heterocycles. The number of rotatable bonds is 5. The zero-order chi connectivity index (χ0) is 22.0. The van der Waals surface area contributed by atoms with Gasteiger partial charge in [0.1, 0.15) is 0 Å². The van der Waals surface area contributed by atoms with Gasteiger partial charge in [-0.25, -0.2) is 4.68 Å². The van der Waals surface area contributed by atoms with Crippen LogP contribution in [0.3, 0.4) is 0 Å². The molecule has 4 rings (SSSR count). The molecule has 3 aromatic rings. The third-order valence-electron chi connectivity index (χ3n) is 5.52. The smallest absolute Gasteiger partial charge is 0.273 e. The van der Waals surface area contributed by atoms with Gasteiger partial charge in [-0.15, -0.1) is 0 Å². The second-order valence-corrected chi connectivity index (χ2v) is 8.13. The highest BCUT2D eigenvalue weighted by Gasteiger charge is 2.18. The van der Waals surface area contributed by atoms with E-state index in [4.69, 9.17) is 11.6 Å². The monoisotopic (exact) mass is 441 g/mol. The molecule has 0 unspecified atom stereocenters. The Morgan fingerprint density at radius 3 is 2.52 bits per heavy atom. The van der Waals surface area contributed by atoms with Gasteiger partial charge in [0.05, 0.1) is 28.7 Å². The Bertz CT molecular complexity index is 1230. The van der Waals surface area contributed by atoms with E-state index in [-0.39, 0.29) is 30.0 Å². The van der Waals surface area contributed by atoms with Crippen molar-refractivity contribution in [1.82, 2.24) is 14.7 Å². The molecule has 0 bridgehead atoms. The number of carbonyl (C=O) groups excluding carboxylic acids is 1. The summed E-state index contributed by atoms with van der Waals surface area (Å²) >= 11 is 6.17. The molecule has 0 aliphatic carbocycles. The molecule has 8 nitrogen and oxygen atoms in total. The van der Waals surface area contributed by atoms with Crippen molar-refractivity contribution in [2.24, 2.45) is 0 Å². The minimum Gasteiger partial charge on any atom is -0.367 e. The number of piperazine rings is 1. The Hall–Kier alpha value is -3.10. The van der Waals surface area contributed by atoms with Crippen molar-refractivity contribution in [3.63, 3.8) is 0 Å². The summed E-state index contributed by atoms with van der Waals surface area (Å²) in [5.74, 6) is -0.265. The molecule has 2 aromatic carbocycles. The number of halogens is 1. The second kappa shape index (κ2) is 8.95. The number of aryl methyl sites for hydroxylation is 1. The summed E-state index contributed by atoms with van der Waals surface area (Å²) in [5.41, 5.74) is 0.871. The quantitative estimate of drug-likeness (QED) is 0.633. The first-order valence-corrected chi connectivity index (χ1v) is 10.5. The van der Waals surface area contributed by atoms with E-state index in [1.165, 1.54) is 4.68 Å². The van der Waals surface area contributed by atoms with E-state index in [9.17, 15) is 14.4 Å². The predicted octanol–water partition coefficient (Wildman–Crippen LogP) is 2.12. The Morgan fingerprint density at radius 2 is 1.77 bits per heavy atom. The van der Waals surface area contributed by atoms with Crippen molar-refractivity contribution in [2.45, 2.75) is 13.0 Å². The zero-order valence-corrected chi connectivity index (χ0v) is 18.0. The Morgan fingerprint density at radius 1 is 1.06 bits per heavy atom. The molecule has 1 amide bonds. The molecule has 1 aromatic heterocycles. The zero-order valence-electron chi connectivity index (χ0n) is 17.2. The van der Waals surface area contributed by atoms with Gasteiger partial charge in [-0.05, 0) is 37.4 Å². The molecule has 0 radical (unpaired) electrons. The summed E-state index contributed by atoms with van der Waals surface area (Å²) in [6.07, 6.45) is 0.0306. The predicted molar refractivity (Wildman–Crippen MR) is 123 cm³/mol. The van der Waals surface area contributed by atoms with E-state index in [1.807, 2.05) is 12.1 Å². The third kappa shape index (κ3) is 4.65. The van der Waals surface area contributed by atoms with Crippen LogP contribution < -0.4 is 21.3 Å². The van der Waals surface area contributed by atoms with Crippen molar-refractivity contribution in [3.8, 4) is 0 Å². The molecule has 162 valence electrons. The summed E-state index contributed by atoms with van der Waals surface area (Å²) in [6, 6.07) is 12.1. The van der Waals surface area contributed by atoms with E-state index < -0.39 is 0 Å². The number of benzene rings is 2. The van der Waals surface area contributed by atoms with Crippen molar-refractivity contribution < 1.29 is 4.79 Å². The Balaban J connectivity index is 1.49. The van der Waals surface area contributed by atoms with Crippen LogP contribution in [0.15, 0.2) is 52.1 Å². The first kappa shape index (κ1) is 21.1. The number of anilines is 2. The van der Waals surface area contributed by atoms with Crippen molar-refractivity contribution >= 4 is 39.7 Å². The summed E-state index contributed by atoms with van der Waals surface area (Å²) in [7, 11) is 2.08. The van der Waals surface area contributed by atoms with Gasteiger partial charge in [-0.1, -0.05) is 23.7 Å². The maximum atomic E-state index is 12.7. The van der Waals surface area contributed by atoms with Crippen molar-refractivity contribution in [3.05, 3.63) is 68.2 Å². The normalized spacial score (nSPS) is 14.7. The van der Waals surface area contributed by atoms with Gasteiger partial charge < -0.3 is 15.1 Å². The van der Waals surface area contributed by atoms with Crippen LogP contribution in [0.4, 0.5) is 11.4 Å². The first-order valence-electron chi connectivity index (χ1n) is 10.2. The fourth-order valence-corrected chi connectivity index (χ4v) is 3.93. The van der Waals surface area contributed by atoms with Gasteiger partial charge in [0, 0.05) is 37.6 Å². The van der Waals surface area contributed by atoms with E-state index in [1.54, 1.807) is 30.3 Å². The average Bonchev–Trinajstić information content (AvgIpc) is 2.76. The van der Waals surface area contributed by atoms with Crippen LogP contribution in [0.25, 0.3) is 10.8 Å². The van der Waals surface area contributed by atoms with E-state index in [0.717, 1.165) is 31.9 Å². The van der Waals surface area contributed by atoms with Gasteiger partial charge in [0.2, 0.25) is 5.91 Å². The summed E-state index contributed by atoms with van der Waals surface area (Å²) in [5, 5.41) is 6.66. The fourth-order valence-electron chi connectivity index (χ4n) is 3.76. The topological polar surface area (TPSA) is 90.4 Å². The van der Waals surface area contributed by atoms with Crippen LogP contribution in [0, 0.1) is 0 Å². The highest BCUT2D eigenvalue weighted by atomic mass is 35.5. The molecule has 1 aliphatic heterocycles. The maximum Gasteiger partial charge on any atom is 0.273 e. The summed E-state index contributed by atoms with van der Waals surface area (Å²) in [4.78, 5) is 42.0. The van der Waals surface area contributed by atoms with Crippen molar-refractivity contribution in [2.75, 3.05) is 43.4 Å². The first-order chi connectivity index (χ1) is 14.9. The number of H-pyrrole nitrogens is 1. The summed E-state index contributed by atoms with van der Waals surface area (Å²) in [6.45, 7) is 3.65. The minimum atomic E-state index is -0.359. The van der Waals surface area contributed by atoms with Crippen LogP contribution in [0.5, 0.6) is 0 Å². The number of nitrogens with one attached hydrogen (secondary N) is 2. The number of carbonyl (C=O) groups is 1. The molecule has 31 heavy (non-hydrogen) atoms. The largest absolute Gasteiger partial charge is 0.367 e. The third-order valence-corrected chi connectivity index (χ3v) is 5.76. The fraction of sp³-hybridized carbons (Fsp3) is 0.318. The molecule has 0 spiro atoms. The van der Waals surface area contributed by atoms with E-state index in [2.05, 4.69) is 27.3 Å².